The van der Waals surface area contributed by atoms with Crippen LogP contribution in [0.25, 0.3) is 0 Å². The van der Waals surface area contributed by atoms with Crippen LogP contribution in [0.4, 0.5) is 5.69 Å². The molecule has 0 N–H and O–H groups in total. The highest BCUT2D eigenvalue weighted by Gasteiger charge is 2.55. The molecule has 1 saturated heterocycles. The molecule has 1 aliphatic rings. The first-order valence-electron chi connectivity index (χ1n) is 9.79. The Bertz CT molecular complexity index is 1110. The highest BCUT2D eigenvalue weighted by molar-refractivity contribution is 7.93. The number of para-hydroxylation sites is 1. The molecule has 1 amide bonds. The van der Waals surface area contributed by atoms with Crippen LogP contribution in [-0.4, -0.2) is 32.4 Å². The van der Waals surface area contributed by atoms with E-state index in [9.17, 15) is 13.2 Å². The van der Waals surface area contributed by atoms with Gasteiger partial charge in [0.25, 0.3) is 0 Å². The molecule has 0 aromatic heterocycles. The minimum atomic E-state index is -3.65. The number of β-lactam (4-membered cyclic amide) rings is 1. The van der Waals surface area contributed by atoms with Crippen LogP contribution in [-0.2, 0) is 21.1 Å². The van der Waals surface area contributed by atoms with Crippen molar-refractivity contribution in [2.24, 2.45) is 0 Å². The van der Waals surface area contributed by atoms with Gasteiger partial charge < -0.3 is 9.64 Å². The minimum Gasteiger partial charge on any atom is -0.497 e. The number of nitrogens with zero attached hydrogens (tertiary/aromatic N) is 1. The summed E-state index contributed by atoms with van der Waals surface area (Å²) in [5, 5.41) is -1.09. The Balaban J connectivity index is 1.65. The number of ether oxygens (including phenoxy) is 1. The predicted molar refractivity (Wildman–Crippen MR) is 117 cm³/mol. The standard InChI is InChI=1S/C24H23NO4S/c1-29-21-14-12-19(13-15-21)22-23(24(26)25(22)20-10-6-3-7-11-20)30(27,28)17-16-18-8-4-2-5-9-18/h2-15,22-23H,16-17H2,1H3/t22-,23-/m0/s1. The molecular formula is C24H23NO4S. The van der Waals surface area contributed by atoms with Gasteiger partial charge >= 0.3 is 0 Å². The Morgan fingerprint density at radius 2 is 1.47 bits per heavy atom. The molecule has 3 aromatic rings. The number of rotatable bonds is 7. The lowest BCUT2D eigenvalue weighted by Gasteiger charge is -2.46. The summed E-state index contributed by atoms with van der Waals surface area (Å²) in [5.74, 6) is 0.233. The topological polar surface area (TPSA) is 63.7 Å². The van der Waals surface area contributed by atoms with E-state index in [1.807, 2.05) is 72.8 Å². The Morgan fingerprint density at radius 3 is 2.07 bits per heavy atom. The summed E-state index contributed by atoms with van der Waals surface area (Å²) < 4.78 is 31.6. The summed E-state index contributed by atoms with van der Waals surface area (Å²) in [4.78, 5) is 14.6. The third-order valence-electron chi connectivity index (χ3n) is 5.44. The lowest BCUT2D eigenvalue weighted by Crippen LogP contribution is -2.62. The quantitative estimate of drug-likeness (QED) is 0.544. The van der Waals surface area contributed by atoms with Gasteiger partial charge in [0.1, 0.15) is 5.75 Å². The Hall–Kier alpha value is -3.12. The number of carbonyl (C=O) groups excluding carboxylic acids is 1. The lowest BCUT2D eigenvalue weighted by molar-refractivity contribution is -0.123. The van der Waals surface area contributed by atoms with E-state index in [1.165, 1.54) is 0 Å². The Kier molecular flexibility index (Phi) is 5.59. The van der Waals surface area contributed by atoms with Crippen LogP contribution >= 0.6 is 0 Å². The zero-order chi connectivity index (χ0) is 21.1. The number of hydrogen-bond donors (Lipinski definition) is 0. The van der Waals surface area contributed by atoms with Crippen molar-refractivity contribution in [1.82, 2.24) is 0 Å². The molecule has 3 aromatic carbocycles. The highest BCUT2D eigenvalue weighted by Crippen LogP contribution is 2.43. The number of benzene rings is 3. The molecule has 0 unspecified atom stereocenters. The largest absolute Gasteiger partial charge is 0.497 e. The highest BCUT2D eigenvalue weighted by atomic mass is 32.2. The second-order valence-corrected chi connectivity index (χ2v) is 9.53. The first-order valence-corrected chi connectivity index (χ1v) is 11.5. The van der Waals surface area contributed by atoms with E-state index < -0.39 is 21.1 Å². The molecule has 30 heavy (non-hydrogen) atoms. The second kappa shape index (κ2) is 8.32. The van der Waals surface area contributed by atoms with E-state index in [4.69, 9.17) is 4.74 Å². The molecule has 1 aliphatic heterocycles. The molecule has 0 saturated carbocycles. The summed E-state index contributed by atoms with van der Waals surface area (Å²) >= 11 is 0. The van der Waals surface area contributed by atoms with Gasteiger partial charge in [-0.15, -0.1) is 0 Å². The van der Waals surface area contributed by atoms with Gasteiger partial charge in [-0.1, -0.05) is 60.7 Å². The average Bonchev–Trinajstić information content (AvgIpc) is 2.77. The number of sulfone groups is 1. The fourth-order valence-electron chi connectivity index (χ4n) is 3.85. The molecule has 1 fully saturated rings. The van der Waals surface area contributed by atoms with Crippen molar-refractivity contribution in [3.8, 4) is 5.75 Å². The molecule has 154 valence electrons. The van der Waals surface area contributed by atoms with E-state index in [1.54, 1.807) is 24.1 Å². The van der Waals surface area contributed by atoms with Crippen molar-refractivity contribution < 1.29 is 17.9 Å². The van der Waals surface area contributed by atoms with Gasteiger partial charge in [0.05, 0.1) is 18.9 Å². The lowest BCUT2D eigenvalue weighted by atomic mass is 9.92. The van der Waals surface area contributed by atoms with Crippen molar-refractivity contribution >= 4 is 21.4 Å². The summed E-state index contributed by atoms with van der Waals surface area (Å²) in [6, 6.07) is 25.3. The van der Waals surface area contributed by atoms with Crippen molar-refractivity contribution in [1.29, 1.82) is 0 Å². The maximum atomic E-state index is 13.2. The molecule has 6 heteroatoms. The van der Waals surface area contributed by atoms with Crippen molar-refractivity contribution in [3.63, 3.8) is 0 Å². The number of amides is 1. The van der Waals surface area contributed by atoms with Gasteiger partial charge in [0, 0.05) is 5.69 Å². The molecule has 0 spiro atoms. The third kappa shape index (κ3) is 3.83. The molecule has 1 heterocycles. The third-order valence-corrected chi connectivity index (χ3v) is 7.45. The predicted octanol–water partition coefficient (Wildman–Crippen LogP) is 3.81. The van der Waals surface area contributed by atoms with E-state index in [2.05, 4.69) is 0 Å². The van der Waals surface area contributed by atoms with Gasteiger partial charge in [-0.05, 0) is 41.8 Å². The van der Waals surface area contributed by atoms with Crippen LogP contribution in [0.15, 0.2) is 84.9 Å². The molecule has 0 radical (unpaired) electrons. The number of carbonyl (C=O) groups is 1. The normalized spacial score (nSPS) is 18.7. The fraction of sp³-hybridized carbons (Fsp3) is 0.208. The van der Waals surface area contributed by atoms with Crippen LogP contribution in [0, 0.1) is 0 Å². The summed E-state index contributed by atoms with van der Waals surface area (Å²) in [6.45, 7) is 0. The maximum absolute atomic E-state index is 13.2. The monoisotopic (exact) mass is 421 g/mol. The first kappa shape index (κ1) is 20.2. The SMILES string of the molecule is COc1ccc([C@H]2[C@H](S(=O)(=O)CCc3ccccc3)C(=O)N2c2ccccc2)cc1. The van der Waals surface area contributed by atoms with E-state index >= 15 is 0 Å². The zero-order valence-electron chi connectivity index (χ0n) is 16.6. The van der Waals surface area contributed by atoms with Gasteiger partial charge in [-0.3, -0.25) is 4.79 Å². The van der Waals surface area contributed by atoms with Gasteiger partial charge in [-0.25, -0.2) is 8.42 Å². The van der Waals surface area contributed by atoms with Gasteiger partial charge in [-0.2, -0.15) is 0 Å². The maximum Gasteiger partial charge on any atom is 0.248 e. The minimum absolute atomic E-state index is 0.0668. The fourth-order valence-corrected chi connectivity index (χ4v) is 5.71. The zero-order valence-corrected chi connectivity index (χ0v) is 17.5. The molecule has 0 aliphatic carbocycles. The number of methoxy groups -OCH3 is 1. The van der Waals surface area contributed by atoms with Crippen LogP contribution < -0.4 is 9.64 Å². The summed E-state index contributed by atoms with van der Waals surface area (Å²) in [5.41, 5.74) is 2.40. The average molecular weight is 422 g/mol. The Labute approximate surface area is 176 Å². The summed E-state index contributed by atoms with van der Waals surface area (Å²) in [7, 11) is -2.07. The molecular weight excluding hydrogens is 398 g/mol. The number of hydrogen-bond acceptors (Lipinski definition) is 4. The van der Waals surface area contributed by atoms with Crippen LogP contribution in [0.5, 0.6) is 5.75 Å². The van der Waals surface area contributed by atoms with Gasteiger partial charge in [0.2, 0.25) is 5.91 Å². The van der Waals surface area contributed by atoms with Crippen molar-refractivity contribution in [2.75, 3.05) is 17.8 Å². The van der Waals surface area contributed by atoms with E-state index in [0.29, 0.717) is 17.9 Å². The van der Waals surface area contributed by atoms with E-state index in [-0.39, 0.29) is 11.7 Å². The van der Waals surface area contributed by atoms with Crippen molar-refractivity contribution in [3.05, 3.63) is 96.1 Å². The molecule has 2 atom stereocenters. The van der Waals surface area contributed by atoms with Crippen LogP contribution in [0.1, 0.15) is 17.2 Å². The summed E-state index contributed by atoms with van der Waals surface area (Å²) in [6.07, 6.45) is 0.383. The van der Waals surface area contributed by atoms with E-state index in [0.717, 1.165) is 11.1 Å². The number of aryl methyl sites for hydroxylation is 1. The Morgan fingerprint density at radius 1 is 0.867 bits per heavy atom. The molecule has 5 nitrogen and oxygen atoms in total. The molecule has 0 bridgehead atoms. The number of anilines is 1. The smallest absolute Gasteiger partial charge is 0.248 e. The van der Waals surface area contributed by atoms with Crippen LogP contribution in [0.3, 0.4) is 0 Å². The molecule has 4 rings (SSSR count). The van der Waals surface area contributed by atoms with Crippen LogP contribution in [0.2, 0.25) is 0 Å². The van der Waals surface area contributed by atoms with Gasteiger partial charge in [0.15, 0.2) is 15.1 Å². The van der Waals surface area contributed by atoms with Crippen molar-refractivity contribution in [2.45, 2.75) is 17.7 Å². The second-order valence-electron chi connectivity index (χ2n) is 7.28. The first-order chi connectivity index (χ1) is 14.5.